The van der Waals surface area contributed by atoms with Crippen molar-refractivity contribution in [2.75, 3.05) is 13.2 Å². The predicted molar refractivity (Wildman–Crippen MR) is 35.2 cm³/mol. The molecule has 1 aliphatic rings. The Morgan fingerprint density at radius 2 is 2.44 bits per heavy atom. The highest BCUT2D eigenvalue weighted by Crippen LogP contribution is 2.31. The van der Waals surface area contributed by atoms with Gasteiger partial charge in [0.2, 0.25) is 0 Å². The van der Waals surface area contributed by atoms with Gasteiger partial charge < -0.3 is 9.84 Å². The van der Waals surface area contributed by atoms with Gasteiger partial charge in [-0.1, -0.05) is 12.2 Å². The van der Waals surface area contributed by atoms with Crippen molar-refractivity contribution >= 4 is 0 Å². The Morgan fingerprint density at radius 3 is 2.78 bits per heavy atom. The number of ether oxygens (including phenoxy) is 1. The summed E-state index contributed by atoms with van der Waals surface area (Å²) in [7, 11) is 0. The monoisotopic (exact) mass is 128 g/mol. The molecule has 0 aromatic rings. The van der Waals surface area contributed by atoms with E-state index in [0.29, 0.717) is 0 Å². The SMILES string of the molecule is CC=CC1(CCO)CO1. The Balaban J connectivity index is 2.33. The predicted octanol–water partition coefficient (Wildman–Crippen LogP) is 0.714. The molecule has 1 rings (SSSR count). The zero-order valence-corrected chi connectivity index (χ0v) is 5.63. The molecule has 2 nitrogen and oxygen atoms in total. The molecule has 1 unspecified atom stereocenters. The lowest BCUT2D eigenvalue weighted by Gasteiger charge is -2.00. The first-order chi connectivity index (χ1) is 4.33. The van der Waals surface area contributed by atoms with E-state index in [2.05, 4.69) is 0 Å². The number of epoxide rings is 1. The lowest BCUT2D eigenvalue weighted by atomic mass is 10.1. The third-order valence-electron chi connectivity index (χ3n) is 1.52. The Hall–Kier alpha value is -0.340. The highest BCUT2D eigenvalue weighted by Gasteiger charge is 2.40. The quantitative estimate of drug-likeness (QED) is 0.448. The number of allylic oxidation sites excluding steroid dienone is 1. The molecule has 0 aliphatic carbocycles. The van der Waals surface area contributed by atoms with Crippen molar-refractivity contribution in [3.05, 3.63) is 12.2 Å². The van der Waals surface area contributed by atoms with E-state index in [9.17, 15) is 0 Å². The van der Waals surface area contributed by atoms with Crippen molar-refractivity contribution in [1.82, 2.24) is 0 Å². The van der Waals surface area contributed by atoms with Crippen molar-refractivity contribution in [1.29, 1.82) is 0 Å². The van der Waals surface area contributed by atoms with Gasteiger partial charge in [-0.25, -0.2) is 0 Å². The zero-order chi connectivity index (χ0) is 6.74. The van der Waals surface area contributed by atoms with E-state index >= 15 is 0 Å². The summed E-state index contributed by atoms with van der Waals surface area (Å²) >= 11 is 0. The minimum absolute atomic E-state index is 0.0799. The first-order valence-corrected chi connectivity index (χ1v) is 3.22. The molecule has 0 amide bonds. The molecule has 0 aromatic heterocycles. The summed E-state index contributed by atoms with van der Waals surface area (Å²) in [5.74, 6) is 0. The summed E-state index contributed by atoms with van der Waals surface area (Å²) in [5, 5.41) is 8.55. The van der Waals surface area contributed by atoms with Crippen molar-refractivity contribution in [2.45, 2.75) is 18.9 Å². The van der Waals surface area contributed by atoms with Crippen LogP contribution in [0.25, 0.3) is 0 Å². The Bertz CT molecular complexity index is 114. The van der Waals surface area contributed by atoms with Gasteiger partial charge in [0, 0.05) is 13.0 Å². The lowest BCUT2D eigenvalue weighted by molar-refractivity contribution is 0.238. The van der Waals surface area contributed by atoms with E-state index in [1.165, 1.54) is 0 Å². The first-order valence-electron chi connectivity index (χ1n) is 3.22. The fourth-order valence-electron chi connectivity index (χ4n) is 0.910. The van der Waals surface area contributed by atoms with Crippen LogP contribution in [0.5, 0.6) is 0 Å². The molecule has 1 fully saturated rings. The number of aliphatic hydroxyl groups is 1. The second-order valence-corrected chi connectivity index (χ2v) is 2.33. The van der Waals surface area contributed by atoms with E-state index in [-0.39, 0.29) is 12.2 Å². The highest BCUT2D eigenvalue weighted by atomic mass is 16.6. The van der Waals surface area contributed by atoms with Crippen LogP contribution in [-0.2, 0) is 4.74 Å². The third kappa shape index (κ3) is 1.53. The highest BCUT2D eigenvalue weighted by molar-refractivity contribution is 5.09. The molecule has 1 heterocycles. The van der Waals surface area contributed by atoms with Crippen LogP contribution in [0.3, 0.4) is 0 Å². The molecule has 9 heavy (non-hydrogen) atoms. The van der Waals surface area contributed by atoms with Crippen molar-refractivity contribution in [3.8, 4) is 0 Å². The summed E-state index contributed by atoms with van der Waals surface area (Å²) < 4.78 is 5.13. The second kappa shape index (κ2) is 2.50. The largest absolute Gasteiger partial charge is 0.396 e. The van der Waals surface area contributed by atoms with Crippen LogP contribution in [-0.4, -0.2) is 23.9 Å². The van der Waals surface area contributed by atoms with Gasteiger partial charge in [0.05, 0.1) is 6.61 Å². The van der Waals surface area contributed by atoms with Gasteiger partial charge >= 0.3 is 0 Å². The van der Waals surface area contributed by atoms with Gasteiger partial charge in [-0.05, 0) is 6.92 Å². The fraction of sp³-hybridized carbons (Fsp3) is 0.714. The molecule has 0 saturated carbocycles. The average Bonchev–Trinajstić information content (AvgIpc) is 2.51. The molecule has 2 heteroatoms. The van der Waals surface area contributed by atoms with E-state index in [4.69, 9.17) is 9.84 Å². The molecule has 1 N–H and O–H groups in total. The van der Waals surface area contributed by atoms with Crippen LogP contribution in [0.2, 0.25) is 0 Å². The van der Waals surface area contributed by atoms with E-state index < -0.39 is 0 Å². The molecule has 52 valence electrons. The minimum atomic E-state index is -0.0799. The van der Waals surface area contributed by atoms with Crippen LogP contribution in [0.4, 0.5) is 0 Å². The Morgan fingerprint density at radius 1 is 1.78 bits per heavy atom. The van der Waals surface area contributed by atoms with E-state index in [0.717, 1.165) is 13.0 Å². The molecule has 0 radical (unpaired) electrons. The number of aliphatic hydroxyl groups excluding tert-OH is 1. The maximum Gasteiger partial charge on any atom is 0.112 e. The molecule has 0 spiro atoms. The summed E-state index contributed by atoms with van der Waals surface area (Å²) in [5.41, 5.74) is -0.0799. The van der Waals surface area contributed by atoms with E-state index in [1.807, 2.05) is 19.1 Å². The van der Waals surface area contributed by atoms with Gasteiger partial charge in [0.1, 0.15) is 5.60 Å². The number of hydrogen-bond donors (Lipinski definition) is 1. The van der Waals surface area contributed by atoms with Crippen LogP contribution in [0.15, 0.2) is 12.2 Å². The van der Waals surface area contributed by atoms with Crippen LogP contribution < -0.4 is 0 Å². The third-order valence-corrected chi connectivity index (χ3v) is 1.52. The molecular formula is C7H12O2. The van der Waals surface area contributed by atoms with Gasteiger partial charge in [-0.15, -0.1) is 0 Å². The molecule has 1 atom stereocenters. The van der Waals surface area contributed by atoms with Gasteiger partial charge in [-0.2, -0.15) is 0 Å². The Labute approximate surface area is 55.1 Å². The van der Waals surface area contributed by atoms with Gasteiger partial charge in [-0.3, -0.25) is 0 Å². The molecule has 1 aliphatic heterocycles. The van der Waals surface area contributed by atoms with Crippen LogP contribution in [0, 0.1) is 0 Å². The maximum absolute atomic E-state index is 8.55. The van der Waals surface area contributed by atoms with E-state index in [1.54, 1.807) is 0 Å². The van der Waals surface area contributed by atoms with Crippen molar-refractivity contribution in [2.24, 2.45) is 0 Å². The number of hydrogen-bond acceptors (Lipinski definition) is 2. The summed E-state index contributed by atoms with van der Waals surface area (Å²) in [6, 6.07) is 0. The summed E-state index contributed by atoms with van der Waals surface area (Å²) in [4.78, 5) is 0. The summed E-state index contributed by atoms with van der Waals surface area (Å²) in [6.45, 7) is 2.95. The Kier molecular flexibility index (Phi) is 1.88. The normalized spacial score (nSPS) is 33.6. The molecule has 1 saturated heterocycles. The minimum Gasteiger partial charge on any atom is -0.396 e. The van der Waals surface area contributed by atoms with Crippen molar-refractivity contribution < 1.29 is 9.84 Å². The lowest BCUT2D eigenvalue weighted by Crippen LogP contribution is -2.08. The first kappa shape index (κ1) is 6.78. The average molecular weight is 128 g/mol. The zero-order valence-electron chi connectivity index (χ0n) is 5.63. The number of rotatable bonds is 3. The smallest absolute Gasteiger partial charge is 0.112 e. The van der Waals surface area contributed by atoms with Gasteiger partial charge in [0.25, 0.3) is 0 Å². The molecular weight excluding hydrogens is 116 g/mol. The summed E-state index contributed by atoms with van der Waals surface area (Å²) in [6.07, 6.45) is 4.70. The van der Waals surface area contributed by atoms with Crippen molar-refractivity contribution in [3.63, 3.8) is 0 Å². The van der Waals surface area contributed by atoms with Crippen LogP contribution in [0.1, 0.15) is 13.3 Å². The second-order valence-electron chi connectivity index (χ2n) is 2.33. The maximum atomic E-state index is 8.55. The molecule has 0 aromatic carbocycles. The van der Waals surface area contributed by atoms with Gasteiger partial charge in [0.15, 0.2) is 0 Å². The van der Waals surface area contributed by atoms with Crippen LogP contribution >= 0.6 is 0 Å². The molecule has 0 bridgehead atoms. The standard InChI is InChI=1S/C7H12O2/c1-2-3-7(4-5-8)6-9-7/h2-3,8H,4-6H2,1H3. The topological polar surface area (TPSA) is 32.8 Å². The fourth-order valence-corrected chi connectivity index (χ4v) is 0.910.